The maximum Gasteiger partial charge on any atom is 0.235 e. The largest absolute Gasteiger partial charge is 0.381 e. The molecule has 236 valence electrons. The second-order valence-electron chi connectivity index (χ2n) is 12.1. The Hall–Kier alpha value is -3.81. The summed E-state index contributed by atoms with van der Waals surface area (Å²) in [4.78, 5) is 5.13. The second-order valence-corrected chi connectivity index (χ2v) is 16.1. The molecule has 0 saturated carbocycles. The fourth-order valence-electron chi connectivity index (χ4n) is 7.14. The maximum atomic E-state index is 13.6. The first kappa shape index (κ1) is 29.9. The summed E-state index contributed by atoms with van der Waals surface area (Å²) >= 11 is 0. The van der Waals surface area contributed by atoms with E-state index in [4.69, 9.17) is 9.72 Å². The zero-order chi connectivity index (χ0) is 31.5. The molecule has 0 spiro atoms. The SMILES string of the molecule is Cc1nnn(C)c1-c1cnc2c3c(N4CCCCS4(=O)=O)ccc(S(C)(=O)=O)c3n([C@H](c3ccccc3)C3CCOCC3)c2c1. The third kappa shape index (κ3) is 5.10. The van der Waals surface area contributed by atoms with Crippen LogP contribution < -0.4 is 4.31 Å². The third-order valence-electron chi connectivity index (χ3n) is 9.14. The van der Waals surface area contributed by atoms with Crippen LogP contribution in [0.5, 0.6) is 0 Å². The van der Waals surface area contributed by atoms with E-state index >= 15 is 0 Å². The molecule has 0 amide bonds. The highest BCUT2D eigenvalue weighted by atomic mass is 32.2. The van der Waals surface area contributed by atoms with Gasteiger partial charge in [0.1, 0.15) is 0 Å². The lowest BCUT2D eigenvalue weighted by atomic mass is 9.86. The van der Waals surface area contributed by atoms with Gasteiger partial charge in [-0.3, -0.25) is 9.29 Å². The van der Waals surface area contributed by atoms with E-state index in [1.54, 1.807) is 23.0 Å². The number of anilines is 1. The average Bonchev–Trinajstić information content (AvgIpc) is 3.53. The zero-order valence-corrected chi connectivity index (χ0v) is 27.2. The number of hydrogen-bond acceptors (Lipinski definition) is 8. The molecule has 0 N–H and O–H groups in total. The molecule has 2 aliphatic heterocycles. The smallest absolute Gasteiger partial charge is 0.235 e. The number of aromatic nitrogens is 5. The lowest BCUT2D eigenvalue weighted by Crippen LogP contribution is -2.38. The Morgan fingerprint density at radius 1 is 1.04 bits per heavy atom. The van der Waals surface area contributed by atoms with E-state index in [0.29, 0.717) is 54.7 Å². The van der Waals surface area contributed by atoms with Gasteiger partial charge in [0.25, 0.3) is 0 Å². The van der Waals surface area contributed by atoms with E-state index in [1.807, 2.05) is 38.2 Å². The van der Waals surface area contributed by atoms with Gasteiger partial charge in [-0.1, -0.05) is 35.5 Å². The van der Waals surface area contributed by atoms with Gasteiger partial charge < -0.3 is 9.30 Å². The van der Waals surface area contributed by atoms with Gasteiger partial charge in [0, 0.05) is 44.8 Å². The average molecular weight is 649 g/mol. The molecule has 45 heavy (non-hydrogen) atoms. The van der Waals surface area contributed by atoms with Crippen molar-refractivity contribution < 1.29 is 21.6 Å². The summed E-state index contributed by atoms with van der Waals surface area (Å²) in [6.45, 7) is 3.41. The number of aryl methyl sites for hydroxylation is 2. The van der Waals surface area contributed by atoms with E-state index in [9.17, 15) is 16.8 Å². The number of ether oxygens (including phenoxy) is 1. The predicted octanol–water partition coefficient (Wildman–Crippen LogP) is 4.64. The normalized spacial score (nSPS) is 18.5. The molecule has 3 aromatic heterocycles. The Bertz CT molecular complexity index is 2120. The van der Waals surface area contributed by atoms with Gasteiger partial charge in [-0.05, 0) is 62.3 Å². The van der Waals surface area contributed by atoms with E-state index in [1.165, 1.54) is 10.6 Å². The number of pyridine rings is 1. The topological polar surface area (TPSA) is 129 Å². The fraction of sp³-hybridized carbons (Fsp3) is 0.406. The highest BCUT2D eigenvalue weighted by Gasteiger charge is 2.35. The summed E-state index contributed by atoms with van der Waals surface area (Å²) in [7, 11) is -5.54. The highest BCUT2D eigenvalue weighted by Crippen LogP contribution is 2.46. The van der Waals surface area contributed by atoms with Crippen molar-refractivity contribution in [1.82, 2.24) is 24.5 Å². The van der Waals surface area contributed by atoms with Crippen LogP contribution >= 0.6 is 0 Å². The third-order valence-corrected chi connectivity index (χ3v) is 12.1. The molecule has 0 radical (unpaired) electrons. The zero-order valence-electron chi connectivity index (χ0n) is 25.5. The number of sulfonamides is 1. The first-order valence-corrected chi connectivity index (χ1v) is 18.7. The minimum atomic E-state index is -3.75. The van der Waals surface area contributed by atoms with E-state index in [2.05, 4.69) is 27.0 Å². The molecule has 5 aromatic rings. The number of benzene rings is 2. The van der Waals surface area contributed by atoms with Crippen molar-refractivity contribution in [2.24, 2.45) is 13.0 Å². The lowest BCUT2D eigenvalue weighted by Gasteiger charge is -2.33. The molecule has 11 nitrogen and oxygen atoms in total. The molecule has 2 fully saturated rings. The first-order chi connectivity index (χ1) is 21.6. The van der Waals surface area contributed by atoms with Crippen LogP contribution in [0.1, 0.15) is 43.0 Å². The van der Waals surface area contributed by atoms with Gasteiger partial charge in [-0.15, -0.1) is 5.10 Å². The minimum absolute atomic E-state index is 0.0417. The number of fused-ring (bicyclic) bond motifs is 3. The van der Waals surface area contributed by atoms with Gasteiger partial charge in [-0.25, -0.2) is 21.5 Å². The molecular weight excluding hydrogens is 613 g/mol. The quantitative estimate of drug-likeness (QED) is 0.260. The molecule has 5 heterocycles. The Morgan fingerprint density at radius 2 is 1.80 bits per heavy atom. The van der Waals surface area contributed by atoms with E-state index in [0.717, 1.165) is 40.9 Å². The standard InChI is InChI=1S/C32H36N6O5S2/c1-21-30(36(2)35-34-21)24-19-26-29(33-20-24)28-25(37-15-7-8-18-45(37,41)42)11-12-27(44(3,39)40)32(28)38(26)31(22-9-5-4-6-10-22)23-13-16-43-17-14-23/h4-6,9-12,19-20,23,31H,7-8,13-18H2,1-3H3/t31-/m1/s1. The number of hydrogen-bond donors (Lipinski definition) is 0. The maximum absolute atomic E-state index is 13.6. The van der Waals surface area contributed by atoms with Crippen LogP contribution in [0.4, 0.5) is 5.69 Å². The van der Waals surface area contributed by atoms with Crippen molar-refractivity contribution in [1.29, 1.82) is 0 Å². The fourth-order valence-corrected chi connectivity index (χ4v) is 9.65. The molecule has 0 bridgehead atoms. The van der Waals surface area contributed by atoms with Crippen LogP contribution in [0.3, 0.4) is 0 Å². The van der Waals surface area contributed by atoms with Crippen LogP contribution in [-0.2, 0) is 31.6 Å². The molecule has 1 atom stereocenters. The summed E-state index contributed by atoms with van der Waals surface area (Å²) in [6, 6.07) is 15.1. The summed E-state index contributed by atoms with van der Waals surface area (Å²) < 4.78 is 65.1. The van der Waals surface area contributed by atoms with Gasteiger partial charge >= 0.3 is 0 Å². The molecule has 2 aliphatic rings. The summed E-state index contributed by atoms with van der Waals surface area (Å²) in [6.07, 6.45) is 5.82. The van der Waals surface area contributed by atoms with Crippen molar-refractivity contribution in [2.45, 2.75) is 43.5 Å². The molecule has 0 aliphatic carbocycles. The second kappa shape index (κ2) is 11.2. The molecule has 0 unspecified atom stereocenters. The Balaban J connectivity index is 1.66. The number of nitrogens with zero attached hydrogens (tertiary/aromatic N) is 6. The van der Waals surface area contributed by atoms with Crippen LogP contribution in [0.15, 0.2) is 59.6 Å². The highest BCUT2D eigenvalue weighted by molar-refractivity contribution is 7.92. The van der Waals surface area contributed by atoms with Gasteiger partial charge in [0.05, 0.1) is 55.7 Å². The van der Waals surface area contributed by atoms with Crippen LogP contribution in [0.2, 0.25) is 0 Å². The first-order valence-electron chi connectivity index (χ1n) is 15.2. The predicted molar refractivity (Wildman–Crippen MR) is 174 cm³/mol. The number of rotatable bonds is 6. The summed E-state index contributed by atoms with van der Waals surface area (Å²) in [5.74, 6) is 0.165. The van der Waals surface area contributed by atoms with Crippen molar-refractivity contribution in [3.63, 3.8) is 0 Å². The monoisotopic (exact) mass is 648 g/mol. The van der Waals surface area contributed by atoms with Crippen molar-refractivity contribution in [2.75, 3.05) is 36.1 Å². The van der Waals surface area contributed by atoms with E-state index < -0.39 is 19.9 Å². The van der Waals surface area contributed by atoms with Crippen LogP contribution in [0, 0.1) is 12.8 Å². The lowest BCUT2D eigenvalue weighted by molar-refractivity contribution is 0.0552. The van der Waals surface area contributed by atoms with Gasteiger partial charge in [0.15, 0.2) is 9.84 Å². The molecule has 7 rings (SSSR count). The molecule has 2 aromatic carbocycles. The number of sulfone groups is 1. The Morgan fingerprint density at radius 3 is 2.47 bits per heavy atom. The van der Waals surface area contributed by atoms with Gasteiger partial charge in [-0.2, -0.15) is 0 Å². The van der Waals surface area contributed by atoms with Crippen molar-refractivity contribution >= 4 is 47.5 Å². The molecular formula is C32H36N6O5S2. The molecule has 13 heteroatoms. The van der Waals surface area contributed by atoms with Crippen molar-refractivity contribution in [3.8, 4) is 11.3 Å². The molecule has 2 saturated heterocycles. The summed E-state index contributed by atoms with van der Waals surface area (Å²) in [5.41, 5.74) is 5.54. The Kier molecular flexibility index (Phi) is 7.45. The summed E-state index contributed by atoms with van der Waals surface area (Å²) in [5, 5.41) is 8.97. The Labute approximate surface area is 262 Å². The van der Waals surface area contributed by atoms with Gasteiger partial charge in [0.2, 0.25) is 10.0 Å². The van der Waals surface area contributed by atoms with Crippen LogP contribution in [0.25, 0.3) is 33.2 Å². The van der Waals surface area contributed by atoms with E-state index in [-0.39, 0.29) is 22.6 Å². The minimum Gasteiger partial charge on any atom is -0.381 e. The van der Waals surface area contributed by atoms with Crippen LogP contribution in [-0.4, -0.2) is 73.1 Å². The van der Waals surface area contributed by atoms with Crippen molar-refractivity contribution in [3.05, 3.63) is 66.0 Å².